The first-order valence-corrected chi connectivity index (χ1v) is 5.98. The van der Waals surface area contributed by atoms with Crippen LogP contribution in [-0.4, -0.2) is 24.4 Å². The molecule has 0 aliphatic rings. The molecule has 18 heavy (non-hydrogen) atoms. The summed E-state index contributed by atoms with van der Waals surface area (Å²) in [4.78, 5) is 13.0. The molecule has 0 fully saturated rings. The number of rotatable bonds is 5. The third kappa shape index (κ3) is 4.01. The maximum atomic E-state index is 13.5. The molecule has 96 valence electrons. The summed E-state index contributed by atoms with van der Waals surface area (Å²) in [5, 5.41) is 8.76. The monoisotopic (exact) mass is 268 g/mol. The molecule has 5 heteroatoms. The molecule has 0 aliphatic carbocycles. The maximum Gasteiger partial charge on any atom is 0.223 e. The minimum absolute atomic E-state index is 0.121. The molecule has 0 radical (unpaired) electrons. The highest BCUT2D eigenvalue weighted by Crippen LogP contribution is 2.19. The van der Waals surface area contributed by atoms with E-state index in [0.29, 0.717) is 23.6 Å². The molecule has 0 N–H and O–H groups in total. The van der Waals surface area contributed by atoms with Gasteiger partial charge in [-0.15, -0.1) is 0 Å². The Hall–Kier alpha value is -1.60. The van der Waals surface area contributed by atoms with Crippen LogP contribution in [0.25, 0.3) is 0 Å². The summed E-state index contributed by atoms with van der Waals surface area (Å²) in [6.45, 7) is 0.380. The smallest absolute Gasteiger partial charge is 0.223 e. The topological polar surface area (TPSA) is 44.1 Å². The van der Waals surface area contributed by atoms with Crippen LogP contribution in [0.15, 0.2) is 18.2 Å². The normalized spacial score (nSPS) is 9.89. The lowest BCUT2D eigenvalue weighted by Crippen LogP contribution is -2.28. The number of hydrogen-bond acceptors (Lipinski definition) is 2. The van der Waals surface area contributed by atoms with Gasteiger partial charge in [0.1, 0.15) is 5.82 Å². The standard InChI is InChI=1S/C13H14ClFN2O/c1-17(13(18)6-3-8-16)9-7-10-11(14)4-2-5-12(10)15/h2,4-5H,3,6-7,9H2,1H3. The zero-order chi connectivity index (χ0) is 13.5. The van der Waals surface area contributed by atoms with Crippen molar-refractivity contribution in [2.75, 3.05) is 13.6 Å². The van der Waals surface area contributed by atoms with Gasteiger partial charge in [-0.1, -0.05) is 17.7 Å². The van der Waals surface area contributed by atoms with E-state index in [0.717, 1.165) is 0 Å². The Kier molecular flexibility index (Phi) is 5.60. The van der Waals surface area contributed by atoms with Crippen molar-refractivity contribution in [3.8, 4) is 6.07 Å². The molecule has 0 saturated carbocycles. The number of carbonyl (C=O) groups is 1. The van der Waals surface area contributed by atoms with Crippen LogP contribution >= 0.6 is 11.6 Å². The Morgan fingerprint density at radius 3 is 2.89 bits per heavy atom. The molecule has 0 heterocycles. The van der Waals surface area contributed by atoms with Crippen LogP contribution in [0.2, 0.25) is 5.02 Å². The summed E-state index contributed by atoms with van der Waals surface area (Å²) in [5.74, 6) is -0.482. The minimum atomic E-state index is -0.361. The molecular weight excluding hydrogens is 255 g/mol. The van der Waals surface area contributed by atoms with Gasteiger partial charge in [0.05, 0.1) is 6.07 Å². The van der Waals surface area contributed by atoms with Crippen molar-refractivity contribution in [2.45, 2.75) is 19.3 Å². The molecular formula is C13H14ClFN2O. The summed E-state index contributed by atoms with van der Waals surface area (Å²) >= 11 is 5.89. The predicted octanol–water partition coefficient (Wildman–Crippen LogP) is 2.78. The number of nitrogens with zero attached hydrogens (tertiary/aromatic N) is 2. The fraction of sp³-hybridized carbons (Fsp3) is 0.385. The average molecular weight is 269 g/mol. The first kappa shape index (κ1) is 14.5. The lowest BCUT2D eigenvalue weighted by Gasteiger charge is -2.17. The minimum Gasteiger partial charge on any atom is -0.345 e. The van der Waals surface area contributed by atoms with Crippen molar-refractivity contribution in [1.82, 2.24) is 4.90 Å². The van der Waals surface area contributed by atoms with Gasteiger partial charge in [-0.2, -0.15) is 5.26 Å². The van der Waals surface area contributed by atoms with Gasteiger partial charge in [0.2, 0.25) is 5.91 Å². The highest BCUT2D eigenvalue weighted by atomic mass is 35.5. The molecule has 0 aliphatic heterocycles. The van der Waals surface area contributed by atoms with E-state index < -0.39 is 0 Å². The zero-order valence-electron chi connectivity index (χ0n) is 10.1. The van der Waals surface area contributed by atoms with Gasteiger partial charge in [-0.05, 0) is 18.6 Å². The lowest BCUT2D eigenvalue weighted by atomic mass is 10.1. The summed E-state index contributed by atoms with van der Waals surface area (Å²) in [6, 6.07) is 6.43. The highest BCUT2D eigenvalue weighted by molar-refractivity contribution is 6.31. The van der Waals surface area contributed by atoms with Crippen molar-refractivity contribution in [1.29, 1.82) is 5.26 Å². The van der Waals surface area contributed by atoms with E-state index in [2.05, 4.69) is 0 Å². The summed E-state index contributed by atoms with van der Waals surface area (Å²) < 4.78 is 13.5. The van der Waals surface area contributed by atoms with Crippen molar-refractivity contribution in [3.63, 3.8) is 0 Å². The van der Waals surface area contributed by atoms with E-state index in [4.69, 9.17) is 16.9 Å². The fourth-order valence-corrected chi connectivity index (χ4v) is 1.79. The number of nitriles is 1. The SMILES string of the molecule is CN(CCc1c(F)cccc1Cl)C(=O)CCC#N. The third-order valence-corrected chi connectivity index (χ3v) is 2.99. The van der Waals surface area contributed by atoms with E-state index >= 15 is 0 Å². The first-order chi connectivity index (χ1) is 8.56. The first-order valence-electron chi connectivity index (χ1n) is 5.60. The Labute approximate surface area is 111 Å². The molecule has 0 unspecified atom stereocenters. The van der Waals surface area contributed by atoms with Crippen LogP contribution in [-0.2, 0) is 11.2 Å². The van der Waals surface area contributed by atoms with Gasteiger partial charge in [0.15, 0.2) is 0 Å². The number of benzene rings is 1. The van der Waals surface area contributed by atoms with Crippen molar-refractivity contribution in [3.05, 3.63) is 34.6 Å². The van der Waals surface area contributed by atoms with E-state index in [1.54, 1.807) is 19.2 Å². The molecule has 0 bridgehead atoms. The Morgan fingerprint density at radius 2 is 2.28 bits per heavy atom. The van der Waals surface area contributed by atoms with Gasteiger partial charge < -0.3 is 4.90 Å². The summed E-state index contributed by atoms with van der Waals surface area (Å²) in [7, 11) is 1.63. The van der Waals surface area contributed by atoms with Crippen LogP contribution in [0.4, 0.5) is 4.39 Å². The van der Waals surface area contributed by atoms with Crippen molar-refractivity contribution >= 4 is 17.5 Å². The predicted molar refractivity (Wildman–Crippen MR) is 67.6 cm³/mol. The van der Waals surface area contributed by atoms with Crippen molar-refractivity contribution in [2.24, 2.45) is 0 Å². The van der Waals surface area contributed by atoms with Gasteiger partial charge in [0.25, 0.3) is 0 Å². The quantitative estimate of drug-likeness (QED) is 0.824. The second-order valence-corrected chi connectivity index (χ2v) is 4.33. The van der Waals surface area contributed by atoms with Crippen LogP contribution in [0.5, 0.6) is 0 Å². The lowest BCUT2D eigenvalue weighted by molar-refractivity contribution is -0.129. The summed E-state index contributed by atoms with van der Waals surface area (Å²) in [5.41, 5.74) is 0.416. The average Bonchev–Trinajstić information content (AvgIpc) is 2.35. The number of amides is 1. The van der Waals surface area contributed by atoms with Gasteiger partial charge in [-0.3, -0.25) is 4.79 Å². The van der Waals surface area contributed by atoms with E-state index in [1.807, 2.05) is 6.07 Å². The van der Waals surface area contributed by atoms with E-state index in [-0.39, 0.29) is 24.6 Å². The molecule has 3 nitrogen and oxygen atoms in total. The van der Waals surface area contributed by atoms with Gasteiger partial charge in [-0.25, -0.2) is 4.39 Å². The molecule has 1 rings (SSSR count). The maximum absolute atomic E-state index is 13.5. The second-order valence-electron chi connectivity index (χ2n) is 3.92. The molecule has 1 amide bonds. The summed E-state index contributed by atoms with van der Waals surface area (Å²) in [6.07, 6.45) is 0.752. The molecule has 0 atom stereocenters. The molecule has 0 saturated heterocycles. The fourth-order valence-electron chi connectivity index (χ4n) is 1.53. The highest BCUT2D eigenvalue weighted by Gasteiger charge is 2.11. The Balaban J connectivity index is 2.55. The molecule has 1 aromatic carbocycles. The van der Waals surface area contributed by atoms with Crippen LogP contribution in [0, 0.1) is 17.1 Å². The Bertz CT molecular complexity index is 450. The van der Waals surface area contributed by atoms with Gasteiger partial charge >= 0.3 is 0 Å². The number of likely N-dealkylation sites (N-methyl/N-ethyl adjacent to an activating group) is 1. The molecule has 0 spiro atoms. The number of carbonyl (C=O) groups excluding carboxylic acids is 1. The van der Waals surface area contributed by atoms with Crippen LogP contribution < -0.4 is 0 Å². The number of halogens is 2. The second kappa shape index (κ2) is 6.97. The van der Waals surface area contributed by atoms with Gasteiger partial charge in [0, 0.05) is 37.0 Å². The van der Waals surface area contributed by atoms with E-state index in [1.165, 1.54) is 11.0 Å². The van der Waals surface area contributed by atoms with E-state index in [9.17, 15) is 9.18 Å². The van der Waals surface area contributed by atoms with Crippen molar-refractivity contribution < 1.29 is 9.18 Å². The Morgan fingerprint density at radius 1 is 1.56 bits per heavy atom. The largest absolute Gasteiger partial charge is 0.345 e. The zero-order valence-corrected chi connectivity index (χ0v) is 10.9. The van der Waals surface area contributed by atoms with Crippen LogP contribution in [0.1, 0.15) is 18.4 Å². The molecule has 1 aromatic rings. The van der Waals surface area contributed by atoms with Crippen LogP contribution in [0.3, 0.4) is 0 Å². The third-order valence-electron chi connectivity index (χ3n) is 2.64. The number of hydrogen-bond donors (Lipinski definition) is 0. The molecule has 0 aromatic heterocycles.